The summed E-state index contributed by atoms with van der Waals surface area (Å²) in [5.74, 6) is -0.497. The van der Waals surface area contributed by atoms with E-state index in [2.05, 4.69) is 5.32 Å². The third-order valence-corrected chi connectivity index (χ3v) is 4.54. The smallest absolute Gasteiger partial charge is 0.233 e. The zero-order valence-electron chi connectivity index (χ0n) is 13.5. The summed E-state index contributed by atoms with van der Waals surface area (Å²) in [7, 11) is 1.53. The van der Waals surface area contributed by atoms with Crippen LogP contribution in [0.2, 0.25) is 0 Å². The normalized spacial score (nSPS) is 22.5. The predicted molar refractivity (Wildman–Crippen MR) is 88.3 cm³/mol. The summed E-state index contributed by atoms with van der Waals surface area (Å²) in [5.41, 5.74) is 0.571. The van der Waals surface area contributed by atoms with Crippen molar-refractivity contribution in [2.75, 3.05) is 19.0 Å². The average molecular weight is 328 g/mol. The van der Waals surface area contributed by atoms with Crippen LogP contribution in [0.15, 0.2) is 36.4 Å². The highest BCUT2D eigenvalue weighted by Crippen LogP contribution is 2.35. The fourth-order valence-electron chi connectivity index (χ4n) is 3.26. The van der Waals surface area contributed by atoms with E-state index in [4.69, 9.17) is 4.74 Å². The molecule has 24 heavy (non-hydrogen) atoms. The third-order valence-electron chi connectivity index (χ3n) is 4.54. The average Bonchev–Trinajstić information content (AvgIpc) is 2.85. The van der Waals surface area contributed by atoms with E-state index >= 15 is 0 Å². The molecule has 6 nitrogen and oxygen atoms in total. The molecule has 6 heteroatoms. The maximum Gasteiger partial charge on any atom is 0.233 e. The number of fused-ring (bicyclic) bond motifs is 1. The van der Waals surface area contributed by atoms with Gasteiger partial charge in [0, 0.05) is 13.0 Å². The van der Waals surface area contributed by atoms with E-state index in [9.17, 15) is 14.4 Å². The van der Waals surface area contributed by atoms with Gasteiger partial charge in [0.15, 0.2) is 0 Å². The van der Waals surface area contributed by atoms with E-state index in [0.717, 1.165) is 0 Å². The second kappa shape index (κ2) is 6.86. The Kier molecular flexibility index (Phi) is 4.64. The molecule has 2 aliphatic rings. The molecule has 0 unspecified atom stereocenters. The predicted octanol–water partition coefficient (Wildman–Crippen LogP) is 1.97. The molecule has 126 valence electrons. The Morgan fingerprint density at radius 3 is 2.42 bits per heavy atom. The van der Waals surface area contributed by atoms with Crippen LogP contribution in [0.25, 0.3) is 0 Å². The number of anilines is 1. The molecule has 0 radical (unpaired) electrons. The van der Waals surface area contributed by atoms with Gasteiger partial charge in [0.25, 0.3) is 0 Å². The molecule has 1 aromatic rings. The van der Waals surface area contributed by atoms with E-state index in [1.165, 1.54) is 12.0 Å². The Morgan fingerprint density at radius 1 is 1.17 bits per heavy atom. The summed E-state index contributed by atoms with van der Waals surface area (Å²) in [6.45, 7) is 0.117. The number of methoxy groups -OCH3 is 1. The van der Waals surface area contributed by atoms with Crippen LogP contribution < -0.4 is 10.1 Å². The molecule has 0 saturated carbocycles. The van der Waals surface area contributed by atoms with Crippen LogP contribution in [0.5, 0.6) is 5.75 Å². The van der Waals surface area contributed by atoms with Crippen molar-refractivity contribution in [2.24, 2.45) is 11.8 Å². The number of nitrogens with zero attached hydrogens (tertiary/aromatic N) is 1. The van der Waals surface area contributed by atoms with Gasteiger partial charge >= 0.3 is 0 Å². The Bertz CT molecular complexity index is 672. The summed E-state index contributed by atoms with van der Waals surface area (Å²) in [4.78, 5) is 38.1. The topological polar surface area (TPSA) is 75.7 Å². The number of para-hydroxylation sites is 2. The second-order valence-corrected chi connectivity index (χ2v) is 5.98. The van der Waals surface area contributed by atoms with Gasteiger partial charge in [-0.1, -0.05) is 24.3 Å². The quantitative estimate of drug-likeness (QED) is 0.662. The molecule has 1 aliphatic heterocycles. The molecular formula is C18H20N2O4. The number of ether oxygens (including phenoxy) is 1. The number of carbonyl (C=O) groups is 3. The van der Waals surface area contributed by atoms with Gasteiger partial charge in [-0.05, 0) is 25.0 Å². The monoisotopic (exact) mass is 328 g/mol. The van der Waals surface area contributed by atoms with Gasteiger partial charge in [0.2, 0.25) is 17.7 Å². The van der Waals surface area contributed by atoms with Crippen molar-refractivity contribution in [3.05, 3.63) is 36.4 Å². The maximum atomic E-state index is 12.3. The fourth-order valence-corrected chi connectivity index (χ4v) is 3.26. The van der Waals surface area contributed by atoms with Crippen molar-refractivity contribution in [3.63, 3.8) is 0 Å². The summed E-state index contributed by atoms with van der Waals surface area (Å²) >= 11 is 0. The summed E-state index contributed by atoms with van der Waals surface area (Å²) < 4.78 is 5.18. The number of hydrogen-bond acceptors (Lipinski definition) is 4. The van der Waals surface area contributed by atoms with Crippen molar-refractivity contribution in [1.29, 1.82) is 0 Å². The highest BCUT2D eigenvalue weighted by molar-refractivity contribution is 6.05. The first-order valence-electron chi connectivity index (χ1n) is 8.05. The summed E-state index contributed by atoms with van der Waals surface area (Å²) in [5, 5.41) is 2.75. The number of benzene rings is 1. The number of hydrogen-bond donors (Lipinski definition) is 1. The second-order valence-electron chi connectivity index (χ2n) is 5.98. The van der Waals surface area contributed by atoms with Crippen LogP contribution in [0.1, 0.15) is 19.3 Å². The minimum atomic E-state index is -0.256. The fraction of sp³-hybridized carbons (Fsp3) is 0.389. The van der Waals surface area contributed by atoms with E-state index in [0.29, 0.717) is 24.3 Å². The van der Waals surface area contributed by atoms with Gasteiger partial charge in [0.05, 0.1) is 24.6 Å². The van der Waals surface area contributed by atoms with Crippen molar-refractivity contribution in [1.82, 2.24) is 4.90 Å². The lowest BCUT2D eigenvalue weighted by Crippen LogP contribution is -2.34. The van der Waals surface area contributed by atoms with Crippen LogP contribution in [0, 0.1) is 11.8 Å². The first-order chi connectivity index (χ1) is 11.6. The molecule has 0 spiro atoms. The molecule has 2 atom stereocenters. The van der Waals surface area contributed by atoms with Crippen molar-refractivity contribution in [2.45, 2.75) is 19.3 Å². The number of imide groups is 1. The molecule has 1 N–H and O–H groups in total. The van der Waals surface area contributed by atoms with Crippen molar-refractivity contribution < 1.29 is 19.1 Å². The van der Waals surface area contributed by atoms with Gasteiger partial charge < -0.3 is 10.1 Å². The van der Waals surface area contributed by atoms with Crippen molar-refractivity contribution >= 4 is 23.4 Å². The third kappa shape index (κ3) is 3.04. The van der Waals surface area contributed by atoms with Gasteiger partial charge in [-0.25, -0.2) is 0 Å². The molecule has 0 aromatic heterocycles. The minimum Gasteiger partial charge on any atom is -0.495 e. The standard InChI is InChI=1S/C18H20N2O4/c1-24-15-9-5-4-8-14(15)19-16(21)10-11-20-17(22)12-6-2-3-7-13(12)18(20)23/h2-5,8-9,12-13H,6-7,10-11H2,1H3,(H,19,21)/t12-,13-/m1/s1. The number of carbonyl (C=O) groups excluding carboxylic acids is 3. The van der Waals surface area contributed by atoms with Gasteiger partial charge in [-0.3, -0.25) is 19.3 Å². The van der Waals surface area contributed by atoms with Crippen LogP contribution in [-0.2, 0) is 14.4 Å². The maximum absolute atomic E-state index is 12.3. The van der Waals surface area contributed by atoms with Crippen LogP contribution >= 0.6 is 0 Å². The van der Waals surface area contributed by atoms with Gasteiger partial charge in [-0.2, -0.15) is 0 Å². The highest BCUT2D eigenvalue weighted by Gasteiger charge is 2.46. The van der Waals surface area contributed by atoms with E-state index in [-0.39, 0.29) is 42.5 Å². The number of nitrogens with one attached hydrogen (secondary N) is 1. The van der Waals surface area contributed by atoms with Gasteiger partial charge in [-0.15, -0.1) is 0 Å². The molecular weight excluding hydrogens is 308 g/mol. The summed E-state index contributed by atoms with van der Waals surface area (Å²) in [6, 6.07) is 7.10. The zero-order valence-corrected chi connectivity index (χ0v) is 13.5. The SMILES string of the molecule is COc1ccccc1NC(=O)CCN1C(=O)[C@@H]2CC=CC[C@H]2C1=O. The van der Waals surface area contributed by atoms with Crippen LogP contribution in [-0.4, -0.2) is 36.3 Å². The Balaban J connectivity index is 1.58. The molecule has 1 heterocycles. The summed E-state index contributed by atoms with van der Waals surface area (Å²) in [6.07, 6.45) is 5.19. The Hall–Kier alpha value is -2.63. The van der Waals surface area contributed by atoms with E-state index in [1.807, 2.05) is 18.2 Å². The number of amides is 3. The number of rotatable bonds is 5. The first-order valence-corrected chi connectivity index (χ1v) is 8.05. The Morgan fingerprint density at radius 2 is 1.79 bits per heavy atom. The largest absolute Gasteiger partial charge is 0.495 e. The number of likely N-dealkylation sites (tertiary alicyclic amines) is 1. The van der Waals surface area contributed by atoms with Crippen LogP contribution in [0.3, 0.4) is 0 Å². The lowest BCUT2D eigenvalue weighted by Gasteiger charge is -2.15. The zero-order chi connectivity index (χ0) is 17.1. The number of allylic oxidation sites excluding steroid dienone is 2. The molecule has 3 rings (SSSR count). The van der Waals surface area contributed by atoms with Crippen molar-refractivity contribution in [3.8, 4) is 5.75 Å². The molecule has 1 aliphatic carbocycles. The molecule has 0 bridgehead atoms. The van der Waals surface area contributed by atoms with Gasteiger partial charge in [0.1, 0.15) is 5.75 Å². The van der Waals surface area contributed by atoms with Crippen LogP contribution in [0.4, 0.5) is 5.69 Å². The Labute approximate surface area is 140 Å². The lowest BCUT2D eigenvalue weighted by atomic mass is 9.85. The molecule has 1 fully saturated rings. The molecule has 3 amide bonds. The highest BCUT2D eigenvalue weighted by atomic mass is 16.5. The lowest BCUT2D eigenvalue weighted by molar-refractivity contribution is -0.140. The molecule has 1 aromatic carbocycles. The van der Waals surface area contributed by atoms with E-state index in [1.54, 1.807) is 18.2 Å². The molecule has 1 saturated heterocycles. The first kappa shape index (κ1) is 16.2. The van der Waals surface area contributed by atoms with E-state index < -0.39 is 0 Å². The minimum absolute atomic E-state index is 0.0718.